The lowest BCUT2D eigenvalue weighted by Crippen LogP contribution is -2.36. The predicted octanol–water partition coefficient (Wildman–Crippen LogP) is 6.40. The first-order chi connectivity index (χ1) is 18.0. The summed E-state index contributed by atoms with van der Waals surface area (Å²) in [6, 6.07) is 8.98. The number of alkyl halides is 6. The third kappa shape index (κ3) is 7.50. The lowest BCUT2D eigenvalue weighted by Gasteiger charge is -2.28. The van der Waals surface area contributed by atoms with Crippen LogP contribution in [0.25, 0.3) is 0 Å². The van der Waals surface area contributed by atoms with Crippen molar-refractivity contribution >= 4 is 23.3 Å². The molecule has 38 heavy (non-hydrogen) atoms. The summed E-state index contributed by atoms with van der Waals surface area (Å²) in [7, 11) is 0. The van der Waals surface area contributed by atoms with E-state index in [1.807, 2.05) is 4.90 Å². The van der Waals surface area contributed by atoms with Crippen molar-refractivity contribution in [3.63, 3.8) is 0 Å². The Bertz CT molecular complexity index is 1280. The van der Waals surface area contributed by atoms with Crippen molar-refractivity contribution in [2.75, 3.05) is 36.5 Å². The van der Waals surface area contributed by atoms with E-state index < -0.39 is 23.9 Å². The maximum atomic E-state index is 13.7. The van der Waals surface area contributed by atoms with E-state index in [2.05, 4.69) is 30.3 Å². The number of hydrogen-bond acceptors (Lipinski definition) is 8. The molecular weight excluding hydrogens is 525 g/mol. The average Bonchev–Trinajstić information content (AvgIpc) is 2.85. The molecular formula is C23H19F7N6O2. The van der Waals surface area contributed by atoms with Gasteiger partial charge in [0.2, 0.25) is 0 Å². The van der Waals surface area contributed by atoms with Crippen LogP contribution in [0.1, 0.15) is 11.1 Å². The number of anilines is 3. The van der Waals surface area contributed by atoms with Gasteiger partial charge in [0, 0.05) is 24.8 Å². The molecule has 1 N–H and O–H groups in total. The standard InChI is InChI=1S/C23H19F7N6O2/c24-18-6-3-15(11-17(18)22(25,26)27)32-19-12-20(36-7-9-37-10-8-36)34-21(33-19)35-31-13-14-1-4-16(5-2-14)38-23(28,29)30/h1-6,11-12H,7-10,13H2,(H,32,33,34). The summed E-state index contributed by atoms with van der Waals surface area (Å²) in [5.74, 6) is -1.42. The van der Waals surface area contributed by atoms with Crippen LogP contribution in [0.4, 0.5) is 54.0 Å². The second-order valence-corrected chi connectivity index (χ2v) is 7.92. The molecule has 0 radical (unpaired) electrons. The fourth-order valence-corrected chi connectivity index (χ4v) is 3.43. The number of hydrogen-bond donors (Lipinski definition) is 1. The zero-order valence-corrected chi connectivity index (χ0v) is 19.4. The van der Waals surface area contributed by atoms with Crippen LogP contribution in [0.15, 0.2) is 58.8 Å². The quantitative estimate of drug-likeness (QED) is 0.274. The Labute approximate surface area is 211 Å². The van der Waals surface area contributed by atoms with Crippen LogP contribution in [0, 0.1) is 5.82 Å². The zero-order chi connectivity index (χ0) is 27.3. The normalized spacial score (nSPS) is 14.7. The molecule has 0 atom stereocenters. The molecule has 4 rings (SSSR count). The van der Waals surface area contributed by atoms with E-state index in [0.717, 1.165) is 18.2 Å². The summed E-state index contributed by atoms with van der Waals surface area (Å²) in [4.78, 5) is 10.4. The predicted molar refractivity (Wildman–Crippen MR) is 121 cm³/mol. The summed E-state index contributed by atoms with van der Waals surface area (Å²) >= 11 is 0. The van der Waals surface area contributed by atoms with E-state index in [-0.39, 0.29) is 29.7 Å². The van der Waals surface area contributed by atoms with Gasteiger partial charge in [0.05, 0.1) is 25.3 Å². The zero-order valence-electron chi connectivity index (χ0n) is 19.4. The molecule has 1 fully saturated rings. The first-order valence-corrected chi connectivity index (χ1v) is 11.0. The van der Waals surface area contributed by atoms with Gasteiger partial charge in [-0.1, -0.05) is 12.1 Å². The van der Waals surface area contributed by atoms with Gasteiger partial charge in [-0.05, 0) is 35.9 Å². The number of benzene rings is 2. The molecule has 1 aromatic heterocycles. The molecule has 15 heteroatoms. The Kier molecular flexibility index (Phi) is 7.94. The molecule has 8 nitrogen and oxygen atoms in total. The maximum absolute atomic E-state index is 13.7. The van der Waals surface area contributed by atoms with E-state index >= 15 is 0 Å². The van der Waals surface area contributed by atoms with Crippen LogP contribution in [0.2, 0.25) is 0 Å². The lowest BCUT2D eigenvalue weighted by atomic mass is 10.2. The van der Waals surface area contributed by atoms with E-state index in [4.69, 9.17) is 4.74 Å². The van der Waals surface area contributed by atoms with Gasteiger partial charge in [-0.15, -0.1) is 18.3 Å². The number of rotatable bonds is 7. The molecule has 1 saturated heterocycles. The lowest BCUT2D eigenvalue weighted by molar-refractivity contribution is -0.274. The fourth-order valence-electron chi connectivity index (χ4n) is 3.43. The number of halogens is 7. The molecule has 0 spiro atoms. The number of nitrogens with one attached hydrogen (secondary N) is 1. The molecule has 0 saturated carbocycles. The van der Waals surface area contributed by atoms with Crippen molar-refractivity contribution in [2.45, 2.75) is 19.1 Å². The number of ether oxygens (including phenoxy) is 2. The smallest absolute Gasteiger partial charge is 0.406 e. The maximum Gasteiger partial charge on any atom is 0.573 e. The van der Waals surface area contributed by atoms with Crippen molar-refractivity contribution in [3.8, 4) is 5.75 Å². The monoisotopic (exact) mass is 544 g/mol. The van der Waals surface area contributed by atoms with Gasteiger partial charge in [0.25, 0.3) is 5.95 Å². The Morgan fingerprint density at radius 1 is 0.947 bits per heavy atom. The Morgan fingerprint density at radius 3 is 2.32 bits per heavy atom. The Morgan fingerprint density at radius 2 is 1.66 bits per heavy atom. The molecule has 0 aliphatic carbocycles. The average molecular weight is 544 g/mol. The summed E-state index contributed by atoms with van der Waals surface area (Å²) in [6.45, 7) is 1.84. The number of azo groups is 1. The van der Waals surface area contributed by atoms with Gasteiger partial charge in [-0.3, -0.25) is 0 Å². The SMILES string of the molecule is Fc1ccc(Nc2cc(N3CCOCC3)nc(N=NCc3ccc(OC(F)(F)F)cc3)n2)cc1C(F)(F)F. The van der Waals surface area contributed by atoms with E-state index in [1.54, 1.807) is 0 Å². The van der Waals surface area contributed by atoms with Crippen molar-refractivity contribution in [1.29, 1.82) is 0 Å². The highest BCUT2D eigenvalue weighted by atomic mass is 19.4. The molecule has 3 aromatic rings. The van der Waals surface area contributed by atoms with Crippen LogP contribution in [0.3, 0.4) is 0 Å². The van der Waals surface area contributed by atoms with Gasteiger partial charge in [0.1, 0.15) is 23.2 Å². The highest BCUT2D eigenvalue weighted by Crippen LogP contribution is 2.34. The Balaban J connectivity index is 1.55. The van der Waals surface area contributed by atoms with Crippen molar-refractivity contribution in [1.82, 2.24) is 9.97 Å². The molecule has 2 aromatic carbocycles. The highest BCUT2D eigenvalue weighted by Gasteiger charge is 2.34. The molecule has 0 bridgehead atoms. The van der Waals surface area contributed by atoms with Gasteiger partial charge < -0.3 is 19.7 Å². The van der Waals surface area contributed by atoms with E-state index in [1.165, 1.54) is 18.2 Å². The molecule has 0 unspecified atom stereocenters. The largest absolute Gasteiger partial charge is 0.573 e. The molecule has 0 amide bonds. The van der Waals surface area contributed by atoms with Crippen LogP contribution >= 0.6 is 0 Å². The minimum atomic E-state index is -4.89. The fraction of sp³-hybridized carbons (Fsp3) is 0.304. The third-order valence-electron chi connectivity index (χ3n) is 5.15. The minimum absolute atomic E-state index is 0.0207. The van der Waals surface area contributed by atoms with Crippen LogP contribution < -0.4 is 15.0 Å². The minimum Gasteiger partial charge on any atom is -0.406 e. The topological polar surface area (TPSA) is 84.2 Å². The van der Waals surface area contributed by atoms with Gasteiger partial charge in [-0.2, -0.15) is 28.3 Å². The molecule has 202 valence electrons. The van der Waals surface area contributed by atoms with Gasteiger partial charge >= 0.3 is 12.5 Å². The Hall–Kier alpha value is -4.01. The summed E-state index contributed by atoms with van der Waals surface area (Å²) < 4.78 is 99.1. The van der Waals surface area contributed by atoms with E-state index in [9.17, 15) is 30.7 Å². The number of nitrogens with zero attached hydrogens (tertiary/aromatic N) is 5. The first-order valence-electron chi connectivity index (χ1n) is 11.0. The van der Waals surface area contributed by atoms with Crippen LogP contribution in [-0.4, -0.2) is 42.6 Å². The summed E-state index contributed by atoms with van der Waals surface area (Å²) in [5, 5.41) is 10.7. The molecule has 1 aliphatic rings. The van der Waals surface area contributed by atoms with Gasteiger partial charge in [-0.25, -0.2) is 4.39 Å². The van der Waals surface area contributed by atoms with Crippen LogP contribution in [-0.2, 0) is 17.5 Å². The molecule has 1 aliphatic heterocycles. The molecule has 2 heterocycles. The number of morpholine rings is 1. The second-order valence-electron chi connectivity index (χ2n) is 7.92. The third-order valence-corrected chi connectivity index (χ3v) is 5.15. The highest BCUT2D eigenvalue weighted by molar-refractivity contribution is 5.62. The summed E-state index contributed by atoms with van der Waals surface area (Å²) in [6.07, 6.45) is -9.69. The van der Waals surface area contributed by atoms with Gasteiger partial charge in [0.15, 0.2) is 0 Å². The van der Waals surface area contributed by atoms with Crippen molar-refractivity contribution < 1.29 is 40.2 Å². The van der Waals surface area contributed by atoms with Crippen LogP contribution in [0.5, 0.6) is 5.75 Å². The van der Waals surface area contributed by atoms with E-state index in [0.29, 0.717) is 49.8 Å². The van der Waals surface area contributed by atoms with Crippen molar-refractivity contribution in [3.05, 3.63) is 65.5 Å². The second kappa shape index (κ2) is 11.2. The number of aromatic nitrogens is 2. The van der Waals surface area contributed by atoms with Crippen molar-refractivity contribution in [2.24, 2.45) is 10.2 Å². The first kappa shape index (κ1) is 27.0. The summed E-state index contributed by atoms with van der Waals surface area (Å²) in [5.41, 5.74) is -0.970.